The first kappa shape index (κ1) is 18.0. The summed E-state index contributed by atoms with van der Waals surface area (Å²) in [5.74, 6) is 0.738. The van der Waals surface area contributed by atoms with Crippen LogP contribution in [0.4, 0.5) is 0 Å². The van der Waals surface area contributed by atoms with E-state index in [4.69, 9.17) is 16.3 Å². The average molecular weight is 353 g/mol. The zero-order valence-electron chi connectivity index (χ0n) is 14.6. The van der Waals surface area contributed by atoms with Crippen LogP contribution >= 0.6 is 11.6 Å². The van der Waals surface area contributed by atoms with Crippen molar-refractivity contribution in [1.29, 1.82) is 0 Å². The number of aliphatic hydroxyl groups is 1. The third kappa shape index (κ3) is 4.85. The van der Waals surface area contributed by atoms with E-state index >= 15 is 0 Å². The van der Waals surface area contributed by atoms with Crippen molar-refractivity contribution >= 4 is 11.6 Å². The molecule has 0 aromatic heterocycles. The van der Waals surface area contributed by atoms with Crippen molar-refractivity contribution in [2.24, 2.45) is 0 Å². The van der Waals surface area contributed by atoms with Crippen molar-refractivity contribution in [2.45, 2.75) is 44.3 Å². The Kier molecular flexibility index (Phi) is 6.39. The molecule has 3 rings (SSSR count). The highest BCUT2D eigenvalue weighted by Crippen LogP contribution is 2.31. The van der Waals surface area contributed by atoms with Gasteiger partial charge in [0.1, 0.15) is 11.9 Å². The normalized spacial score (nSPS) is 22.0. The number of hydrogen-bond donors (Lipinski definition) is 1. The molecular weight excluding hydrogens is 324 g/mol. The lowest BCUT2D eigenvalue weighted by Gasteiger charge is -2.29. The van der Waals surface area contributed by atoms with Crippen molar-refractivity contribution in [3.63, 3.8) is 0 Å². The molecule has 2 aliphatic heterocycles. The maximum Gasteiger partial charge on any atom is 0.138 e. The third-order valence-corrected chi connectivity index (χ3v) is 5.51. The SMILES string of the molecule is CN1CCC(Oc2ccc(C(O)CCN3CCCC3)cc2Cl)CC1. The standard InChI is InChI=1S/C19H29ClN2O2/c1-21-11-6-16(7-12-21)24-19-5-4-15(14-17(19)20)18(23)8-13-22-9-2-3-10-22/h4-5,14,16,18,23H,2-3,6-13H2,1H3. The van der Waals surface area contributed by atoms with Gasteiger partial charge in [0.25, 0.3) is 0 Å². The Balaban J connectivity index is 1.53. The maximum absolute atomic E-state index is 10.4. The smallest absolute Gasteiger partial charge is 0.138 e. The van der Waals surface area contributed by atoms with E-state index in [1.165, 1.54) is 12.8 Å². The summed E-state index contributed by atoms with van der Waals surface area (Å²) < 4.78 is 6.06. The zero-order chi connectivity index (χ0) is 16.9. The molecule has 0 radical (unpaired) electrons. The molecule has 4 nitrogen and oxygen atoms in total. The quantitative estimate of drug-likeness (QED) is 0.851. The topological polar surface area (TPSA) is 35.9 Å². The summed E-state index contributed by atoms with van der Waals surface area (Å²) in [5.41, 5.74) is 0.884. The van der Waals surface area contributed by atoms with Gasteiger partial charge in [0.15, 0.2) is 0 Å². The molecule has 1 aromatic rings. The molecule has 1 aromatic carbocycles. The minimum absolute atomic E-state index is 0.240. The number of piperidine rings is 1. The monoisotopic (exact) mass is 352 g/mol. The van der Waals surface area contributed by atoms with Crippen molar-refractivity contribution in [2.75, 3.05) is 39.8 Å². The van der Waals surface area contributed by atoms with Crippen LogP contribution in [0, 0.1) is 0 Å². The summed E-state index contributed by atoms with van der Waals surface area (Å²) in [6.07, 6.45) is 5.17. The number of ether oxygens (including phenoxy) is 1. The van der Waals surface area contributed by atoms with Gasteiger partial charge in [-0.15, -0.1) is 0 Å². The van der Waals surface area contributed by atoms with E-state index in [-0.39, 0.29) is 6.10 Å². The summed E-state index contributed by atoms with van der Waals surface area (Å²) >= 11 is 6.39. The number of aliphatic hydroxyl groups excluding tert-OH is 1. The molecule has 1 unspecified atom stereocenters. The first-order valence-electron chi connectivity index (χ1n) is 9.17. The summed E-state index contributed by atoms with van der Waals surface area (Å²) in [7, 11) is 2.14. The van der Waals surface area contributed by atoms with Gasteiger partial charge in [-0.2, -0.15) is 0 Å². The molecule has 1 N–H and O–H groups in total. The van der Waals surface area contributed by atoms with Crippen molar-refractivity contribution < 1.29 is 9.84 Å². The van der Waals surface area contributed by atoms with E-state index in [0.29, 0.717) is 5.02 Å². The molecule has 2 fully saturated rings. The predicted molar refractivity (Wildman–Crippen MR) is 97.8 cm³/mol. The van der Waals surface area contributed by atoms with Gasteiger partial charge in [0, 0.05) is 19.6 Å². The fourth-order valence-electron chi connectivity index (χ4n) is 3.58. The van der Waals surface area contributed by atoms with E-state index in [9.17, 15) is 5.11 Å². The Morgan fingerprint density at radius 2 is 1.92 bits per heavy atom. The Morgan fingerprint density at radius 3 is 2.58 bits per heavy atom. The fraction of sp³-hybridized carbons (Fsp3) is 0.684. The highest BCUT2D eigenvalue weighted by atomic mass is 35.5. The number of rotatable bonds is 6. The Labute approximate surface area is 150 Å². The molecule has 0 spiro atoms. The van der Waals surface area contributed by atoms with Gasteiger partial charge < -0.3 is 19.6 Å². The molecule has 1 atom stereocenters. The molecule has 2 saturated heterocycles. The molecule has 134 valence electrons. The molecule has 0 amide bonds. The lowest BCUT2D eigenvalue weighted by molar-refractivity contribution is 0.114. The first-order valence-corrected chi connectivity index (χ1v) is 9.54. The van der Waals surface area contributed by atoms with Crippen molar-refractivity contribution in [3.05, 3.63) is 28.8 Å². The zero-order valence-corrected chi connectivity index (χ0v) is 15.3. The first-order chi connectivity index (χ1) is 11.6. The Hall–Kier alpha value is -0.810. The van der Waals surface area contributed by atoms with Gasteiger partial charge in [-0.3, -0.25) is 0 Å². The minimum atomic E-state index is -0.458. The summed E-state index contributed by atoms with van der Waals surface area (Å²) in [6.45, 7) is 5.41. The number of halogens is 1. The summed E-state index contributed by atoms with van der Waals surface area (Å²) in [5, 5.41) is 11.0. The number of likely N-dealkylation sites (tertiary alicyclic amines) is 2. The molecule has 0 aliphatic carbocycles. The van der Waals surface area contributed by atoms with Crippen LogP contribution in [-0.4, -0.2) is 60.8 Å². The number of benzene rings is 1. The average Bonchev–Trinajstić information content (AvgIpc) is 3.10. The van der Waals surface area contributed by atoms with Gasteiger partial charge in [-0.25, -0.2) is 0 Å². The second-order valence-corrected chi connectivity index (χ2v) is 7.57. The Bertz CT molecular complexity index is 526. The van der Waals surface area contributed by atoms with Crippen LogP contribution in [0.2, 0.25) is 5.02 Å². The van der Waals surface area contributed by atoms with Gasteiger partial charge >= 0.3 is 0 Å². The van der Waals surface area contributed by atoms with Gasteiger partial charge in [-0.05, 0) is 69.9 Å². The van der Waals surface area contributed by atoms with Crippen LogP contribution in [0.1, 0.15) is 43.8 Å². The van der Waals surface area contributed by atoms with E-state index in [1.54, 1.807) is 0 Å². The largest absolute Gasteiger partial charge is 0.489 e. The van der Waals surface area contributed by atoms with Gasteiger partial charge in [0.2, 0.25) is 0 Å². The van der Waals surface area contributed by atoms with Gasteiger partial charge in [0.05, 0.1) is 11.1 Å². The molecule has 0 bridgehead atoms. The second-order valence-electron chi connectivity index (χ2n) is 7.16. The lowest BCUT2D eigenvalue weighted by atomic mass is 10.1. The number of nitrogens with zero attached hydrogens (tertiary/aromatic N) is 2. The highest BCUT2D eigenvalue weighted by molar-refractivity contribution is 6.32. The summed E-state index contributed by atoms with van der Waals surface area (Å²) in [6, 6.07) is 5.72. The fourth-order valence-corrected chi connectivity index (χ4v) is 3.81. The van der Waals surface area contributed by atoms with E-state index in [0.717, 1.165) is 63.3 Å². The maximum atomic E-state index is 10.4. The predicted octanol–water partition coefficient (Wildman–Crippen LogP) is 3.33. The molecule has 5 heteroatoms. The van der Waals surface area contributed by atoms with Crippen molar-refractivity contribution in [3.8, 4) is 5.75 Å². The van der Waals surface area contributed by atoms with Crippen LogP contribution in [0.3, 0.4) is 0 Å². The van der Waals surface area contributed by atoms with Crippen LogP contribution in [-0.2, 0) is 0 Å². The lowest BCUT2D eigenvalue weighted by Crippen LogP contribution is -2.35. The van der Waals surface area contributed by atoms with Crippen LogP contribution in [0.15, 0.2) is 18.2 Å². The Morgan fingerprint density at radius 1 is 1.21 bits per heavy atom. The van der Waals surface area contributed by atoms with E-state index < -0.39 is 6.10 Å². The molecule has 24 heavy (non-hydrogen) atoms. The number of hydrogen-bond acceptors (Lipinski definition) is 4. The third-order valence-electron chi connectivity index (χ3n) is 5.22. The van der Waals surface area contributed by atoms with Crippen LogP contribution in [0.5, 0.6) is 5.75 Å². The van der Waals surface area contributed by atoms with E-state index in [2.05, 4.69) is 16.8 Å². The molecular formula is C19H29ClN2O2. The second kappa shape index (κ2) is 8.52. The highest BCUT2D eigenvalue weighted by Gasteiger charge is 2.20. The molecule has 2 aliphatic rings. The van der Waals surface area contributed by atoms with Gasteiger partial charge in [-0.1, -0.05) is 17.7 Å². The van der Waals surface area contributed by atoms with E-state index in [1.807, 2.05) is 18.2 Å². The molecule has 0 saturated carbocycles. The van der Waals surface area contributed by atoms with Crippen LogP contribution < -0.4 is 4.74 Å². The minimum Gasteiger partial charge on any atom is -0.489 e. The van der Waals surface area contributed by atoms with Crippen molar-refractivity contribution in [1.82, 2.24) is 9.80 Å². The molecule has 2 heterocycles. The summed E-state index contributed by atoms with van der Waals surface area (Å²) in [4.78, 5) is 4.74. The van der Waals surface area contributed by atoms with Crippen LogP contribution in [0.25, 0.3) is 0 Å².